The van der Waals surface area contributed by atoms with Gasteiger partial charge in [0, 0.05) is 68.5 Å². The maximum atomic E-state index is 12.4. The Balaban J connectivity index is 1.29. The lowest BCUT2D eigenvalue weighted by Crippen LogP contribution is -2.55. The minimum Gasteiger partial charge on any atom is -0.488 e. The van der Waals surface area contributed by atoms with Crippen molar-refractivity contribution in [3.8, 4) is 11.5 Å². The molecule has 2 saturated heterocycles. The number of sulfone groups is 1. The summed E-state index contributed by atoms with van der Waals surface area (Å²) in [5, 5.41) is 20.6. The van der Waals surface area contributed by atoms with Gasteiger partial charge in [-0.25, -0.2) is 8.42 Å². The molecule has 2 fully saturated rings. The highest BCUT2D eigenvalue weighted by Crippen LogP contribution is 2.48. The highest BCUT2D eigenvalue weighted by molar-refractivity contribution is 7.90. The lowest BCUT2D eigenvalue weighted by atomic mass is 9.76. The van der Waals surface area contributed by atoms with Gasteiger partial charge in [0.15, 0.2) is 9.84 Å². The van der Waals surface area contributed by atoms with Crippen LogP contribution in [0.1, 0.15) is 55.7 Å². The number of hydrogen-bond donors (Lipinski definition) is 2. The minimum absolute atomic E-state index is 0.0432. The fourth-order valence-electron chi connectivity index (χ4n) is 7.98. The van der Waals surface area contributed by atoms with Gasteiger partial charge in [0.05, 0.1) is 23.1 Å². The van der Waals surface area contributed by atoms with Crippen molar-refractivity contribution in [1.82, 2.24) is 14.8 Å². The Morgan fingerprint density at radius 2 is 1.81 bits per heavy atom. The number of likely N-dealkylation sites (tertiary alicyclic amines) is 2. The Hall–Kier alpha value is -4.02. The second kappa shape index (κ2) is 19.1. The first kappa shape index (κ1) is 44.5. The van der Waals surface area contributed by atoms with Crippen LogP contribution in [0.3, 0.4) is 0 Å². The molecule has 0 radical (unpaired) electrons. The number of allylic oxidation sites excluding steroid dienone is 2. The van der Waals surface area contributed by atoms with Crippen LogP contribution in [-0.2, 0) is 42.1 Å². The fourth-order valence-corrected chi connectivity index (χ4v) is 9.18. The van der Waals surface area contributed by atoms with Crippen LogP contribution in [-0.4, -0.2) is 120 Å². The summed E-state index contributed by atoms with van der Waals surface area (Å²) in [6.45, 7) is 3.58. The molecule has 16 heteroatoms. The molecule has 3 aromatic rings. The summed E-state index contributed by atoms with van der Waals surface area (Å²) >= 11 is 14.6. The van der Waals surface area contributed by atoms with E-state index >= 15 is 0 Å². The van der Waals surface area contributed by atoms with E-state index in [9.17, 15) is 28.2 Å². The zero-order valence-electron chi connectivity index (χ0n) is 33.4. The molecule has 2 aliphatic heterocycles. The number of carbonyl (C=O) groups is 2. The van der Waals surface area contributed by atoms with Crippen LogP contribution in [0.4, 0.5) is 0 Å². The van der Waals surface area contributed by atoms with Crippen LogP contribution in [0.5, 0.6) is 11.5 Å². The first-order valence-corrected chi connectivity index (χ1v) is 22.2. The molecule has 1 aromatic heterocycles. The molecular weight excluding hydrogens is 821 g/mol. The van der Waals surface area contributed by atoms with Gasteiger partial charge in [-0.3, -0.25) is 24.4 Å². The third kappa shape index (κ3) is 10.5. The summed E-state index contributed by atoms with van der Waals surface area (Å²) in [7, 11) is -2.19. The summed E-state index contributed by atoms with van der Waals surface area (Å²) in [4.78, 5) is 31.4. The van der Waals surface area contributed by atoms with Gasteiger partial charge in [-0.2, -0.15) is 0 Å². The number of piperidine rings is 1. The number of aromatic nitrogens is 1. The first-order valence-electron chi connectivity index (χ1n) is 19.6. The summed E-state index contributed by atoms with van der Waals surface area (Å²) in [5.41, 5.74) is 1.60. The number of aliphatic hydroxyl groups excluding tert-OH is 1. The topological polar surface area (TPSA) is 165 Å². The van der Waals surface area contributed by atoms with E-state index in [0.717, 1.165) is 30.2 Å². The number of benzene rings is 2. The summed E-state index contributed by atoms with van der Waals surface area (Å²) in [6, 6.07) is 13.4. The monoisotopic (exact) mass is 871 g/mol. The number of carboxylic acid groups (broad SMARTS) is 1. The standard InChI is InChI=1S/C43H51Cl2N3O10S/c1-42(45)34(30-11-5-4-6-12-30)13-9-15-43(42,58-18-10-17-48-26-32(49)21-37(48)41(52)55-2)28-57-39-22-38(56-27-29-19-33(24-46-23-29)59(3,53)54)31(20-35(39)44)25-47-16-8-7-14-36(47)40(50)51/h4-6,9,11-13,15,19-20,22-24,32,36-37,49H,7-8,10,14,16-18,21,25-28H2,1-3H3,(H,50,51)/t32-,36+,37+,42?,43?/m1/s1. The predicted molar refractivity (Wildman–Crippen MR) is 223 cm³/mol. The molecule has 0 amide bonds. The van der Waals surface area contributed by atoms with Crippen LogP contribution in [0.15, 0.2) is 84.0 Å². The quantitative estimate of drug-likeness (QED) is 0.0932. The van der Waals surface area contributed by atoms with E-state index in [2.05, 4.69) is 4.98 Å². The summed E-state index contributed by atoms with van der Waals surface area (Å²) in [5.74, 6) is -0.670. The molecule has 2 unspecified atom stereocenters. The molecule has 6 rings (SSSR count). The van der Waals surface area contributed by atoms with E-state index in [1.165, 1.54) is 25.6 Å². The Morgan fingerprint density at radius 1 is 1.03 bits per heavy atom. The SMILES string of the molecule is COC(=O)[C@@H]1C[C@@H](O)CN1CCCOC1(COc2cc(OCc3cncc(S(C)(=O)=O)c3)c(CN3CCCC[C@H]3C(=O)O)cc2Cl)C=CC=C(c2ccccc2)C1(C)Cl. The third-order valence-corrected chi connectivity index (χ3v) is 13.1. The normalized spacial score (nSPS) is 25.1. The Kier molecular flexibility index (Phi) is 14.4. The molecule has 2 N–H and O–H groups in total. The Labute approximate surface area is 355 Å². The average molecular weight is 873 g/mol. The number of β-amino-alcohol motifs (C(OH)–C–C–N with tert-alkyl or cyclic N) is 1. The van der Waals surface area contributed by atoms with Gasteiger partial charge in [-0.05, 0) is 62.1 Å². The van der Waals surface area contributed by atoms with Gasteiger partial charge >= 0.3 is 11.9 Å². The maximum absolute atomic E-state index is 12.4. The van der Waals surface area contributed by atoms with Crippen LogP contribution in [0.25, 0.3) is 5.57 Å². The molecule has 13 nitrogen and oxygen atoms in total. The van der Waals surface area contributed by atoms with E-state index < -0.39 is 50.4 Å². The second-order valence-corrected chi connectivity index (χ2v) is 18.6. The van der Waals surface area contributed by atoms with E-state index in [0.29, 0.717) is 55.8 Å². The number of carbonyl (C=O) groups excluding carboxylic acids is 1. The molecule has 318 valence electrons. The predicted octanol–water partition coefficient (Wildman–Crippen LogP) is 5.94. The fraction of sp³-hybridized carbons (Fsp3) is 0.465. The van der Waals surface area contributed by atoms with Crippen molar-refractivity contribution in [3.63, 3.8) is 0 Å². The molecule has 3 heterocycles. The number of halogens is 2. The molecule has 0 saturated carbocycles. The van der Waals surface area contributed by atoms with Gasteiger partial charge in [-0.15, -0.1) is 11.6 Å². The molecule has 0 bridgehead atoms. The van der Waals surface area contributed by atoms with Crippen molar-refractivity contribution in [2.45, 2.75) is 85.7 Å². The zero-order chi connectivity index (χ0) is 42.4. The van der Waals surface area contributed by atoms with Crippen molar-refractivity contribution in [2.24, 2.45) is 0 Å². The van der Waals surface area contributed by atoms with E-state index in [-0.39, 0.29) is 42.0 Å². The van der Waals surface area contributed by atoms with Gasteiger partial charge in [0.1, 0.15) is 47.3 Å². The second-order valence-electron chi connectivity index (χ2n) is 15.4. The molecule has 5 atom stereocenters. The third-order valence-electron chi connectivity index (χ3n) is 11.2. The number of hydrogen-bond acceptors (Lipinski definition) is 12. The Bertz CT molecular complexity index is 2150. The van der Waals surface area contributed by atoms with Crippen molar-refractivity contribution in [2.75, 3.05) is 46.2 Å². The molecule has 0 spiro atoms. The first-order chi connectivity index (χ1) is 28.1. The number of aliphatic hydroxyl groups is 1. The zero-order valence-corrected chi connectivity index (χ0v) is 35.7. The average Bonchev–Trinajstić information content (AvgIpc) is 3.59. The lowest BCUT2D eigenvalue weighted by molar-refractivity contribution is -0.146. The smallest absolute Gasteiger partial charge is 0.323 e. The Morgan fingerprint density at radius 3 is 2.54 bits per heavy atom. The highest BCUT2D eigenvalue weighted by Gasteiger charge is 2.51. The number of carboxylic acids is 1. The van der Waals surface area contributed by atoms with Crippen LogP contribution < -0.4 is 9.47 Å². The molecule has 59 heavy (non-hydrogen) atoms. The van der Waals surface area contributed by atoms with Crippen molar-refractivity contribution < 1.29 is 47.2 Å². The van der Waals surface area contributed by atoms with Crippen molar-refractivity contribution in [3.05, 3.63) is 101 Å². The number of esters is 1. The van der Waals surface area contributed by atoms with Crippen molar-refractivity contribution >= 4 is 50.6 Å². The van der Waals surface area contributed by atoms with Gasteiger partial charge in [-0.1, -0.05) is 60.5 Å². The largest absolute Gasteiger partial charge is 0.488 e. The number of nitrogens with zero attached hydrogens (tertiary/aromatic N) is 3. The number of methoxy groups -OCH3 is 1. The summed E-state index contributed by atoms with van der Waals surface area (Å²) < 4.78 is 49.2. The van der Waals surface area contributed by atoms with Crippen molar-refractivity contribution in [1.29, 1.82) is 0 Å². The van der Waals surface area contributed by atoms with E-state index in [1.807, 2.05) is 65.3 Å². The number of aliphatic carboxylic acids is 1. The van der Waals surface area contributed by atoms with E-state index in [4.69, 9.17) is 42.1 Å². The summed E-state index contributed by atoms with van der Waals surface area (Å²) in [6.07, 6.45) is 11.9. The minimum atomic E-state index is -3.52. The maximum Gasteiger partial charge on any atom is 0.323 e. The van der Waals surface area contributed by atoms with E-state index in [1.54, 1.807) is 12.1 Å². The van der Waals surface area contributed by atoms with Gasteiger partial charge in [0.25, 0.3) is 0 Å². The van der Waals surface area contributed by atoms with Gasteiger partial charge in [0.2, 0.25) is 0 Å². The molecular formula is C43H51Cl2N3O10S. The van der Waals surface area contributed by atoms with Gasteiger partial charge < -0.3 is 29.2 Å². The molecule has 1 aliphatic carbocycles. The molecule has 3 aliphatic rings. The lowest BCUT2D eigenvalue weighted by Gasteiger charge is -2.45. The number of ether oxygens (including phenoxy) is 4. The van der Waals surface area contributed by atoms with Crippen LogP contribution >= 0.6 is 23.2 Å². The number of alkyl halides is 1. The molecule has 2 aromatic carbocycles. The highest BCUT2D eigenvalue weighted by atomic mass is 35.5. The van der Waals surface area contributed by atoms with Crippen LogP contribution in [0, 0.1) is 0 Å². The number of rotatable bonds is 17. The van der Waals surface area contributed by atoms with Crippen LogP contribution in [0.2, 0.25) is 5.02 Å². The number of pyridine rings is 1.